The van der Waals surface area contributed by atoms with Gasteiger partial charge in [-0.3, -0.25) is 0 Å². The van der Waals surface area contributed by atoms with Crippen molar-refractivity contribution in [2.24, 2.45) is 0 Å². The van der Waals surface area contributed by atoms with Crippen LogP contribution in [0.4, 0.5) is 8.78 Å². The Labute approximate surface area is 207 Å². The van der Waals surface area contributed by atoms with Crippen LogP contribution in [-0.4, -0.2) is 49.3 Å². The predicted octanol–water partition coefficient (Wildman–Crippen LogP) is 3.60. The quantitative estimate of drug-likeness (QED) is 0.258. The van der Waals surface area contributed by atoms with E-state index in [2.05, 4.69) is 15.3 Å². The molecule has 0 aliphatic rings. The van der Waals surface area contributed by atoms with E-state index < -0.39 is 39.3 Å². The third-order valence-electron chi connectivity index (χ3n) is 5.14. The van der Waals surface area contributed by atoms with Gasteiger partial charge in [0.15, 0.2) is 0 Å². The standard InChI is InChI=1S/C25H23AsF2N3O4/c1-13-5-17(23(32)26-11-16-7-18(27)9-19(28)8-16)6-14(2)22(13)24(33)31-21(25(34)35-4)10-20-15(3)29-12-30-20/h5-10,12H,11H2,1-4H3,(H,29,30)(H,31,33)/b21-10-. The first-order valence-electron chi connectivity index (χ1n) is 10.5. The molecule has 181 valence electrons. The molecular weight excluding hydrogens is 519 g/mol. The normalized spacial score (nSPS) is 11.7. The minimum atomic E-state index is -0.912. The molecule has 3 aromatic rings. The molecule has 1 aromatic heterocycles. The Hall–Kier alpha value is -3.58. The van der Waals surface area contributed by atoms with Crippen LogP contribution in [0.2, 0.25) is 0 Å². The summed E-state index contributed by atoms with van der Waals surface area (Å²) >= 11 is -0.912. The summed E-state index contributed by atoms with van der Waals surface area (Å²) in [6.07, 6.45) is 2.88. The van der Waals surface area contributed by atoms with Crippen molar-refractivity contribution in [1.29, 1.82) is 0 Å². The maximum atomic E-state index is 13.4. The Morgan fingerprint density at radius 2 is 1.69 bits per heavy atom. The molecule has 1 amide bonds. The van der Waals surface area contributed by atoms with E-state index in [0.717, 1.165) is 6.07 Å². The first-order chi connectivity index (χ1) is 16.6. The molecule has 0 fully saturated rings. The Balaban J connectivity index is 1.79. The molecule has 3 rings (SSSR count). The van der Waals surface area contributed by atoms with Crippen molar-refractivity contribution < 1.29 is 27.9 Å². The van der Waals surface area contributed by atoms with Crippen LogP contribution in [0.3, 0.4) is 0 Å². The van der Waals surface area contributed by atoms with Crippen LogP contribution < -0.4 is 5.32 Å². The molecule has 10 heteroatoms. The van der Waals surface area contributed by atoms with Crippen LogP contribution in [0.25, 0.3) is 6.08 Å². The van der Waals surface area contributed by atoms with Crippen molar-refractivity contribution in [2.45, 2.75) is 26.0 Å². The molecule has 0 aliphatic heterocycles. The maximum absolute atomic E-state index is 13.4. The number of nitrogens with one attached hydrogen (secondary N) is 2. The van der Waals surface area contributed by atoms with Gasteiger partial charge in [-0.15, -0.1) is 0 Å². The van der Waals surface area contributed by atoms with Crippen molar-refractivity contribution >= 4 is 38.3 Å². The number of aromatic amines is 1. The second-order valence-electron chi connectivity index (χ2n) is 7.80. The van der Waals surface area contributed by atoms with Gasteiger partial charge in [-0.1, -0.05) is 0 Å². The Morgan fingerprint density at radius 3 is 2.23 bits per heavy atom. The van der Waals surface area contributed by atoms with E-state index in [4.69, 9.17) is 4.74 Å². The number of hydrogen-bond donors (Lipinski definition) is 2. The van der Waals surface area contributed by atoms with Gasteiger partial charge in [-0.05, 0) is 0 Å². The first kappa shape index (κ1) is 26.0. The Morgan fingerprint density at radius 1 is 1.06 bits per heavy atom. The van der Waals surface area contributed by atoms with Crippen molar-refractivity contribution in [3.8, 4) is 0 Å². The van der Waals surface area contributed by atoms with E-state index in [0.29, 0.717) is 39.2 Å². The summed E-state index contributed by atoms with van der Waals surface area (Å²) < 4.78 is 31.4. The van der Waals surface area contributed by atoms with E-state index in [9.17, 15) is 23.2 Å². The molecule has 7 nitrogen and oxygen atoms in total. The molecule has 0 aliphatic carbocycles. The van der Waals surface area contributed by atoms with Crippen LogP contribution >= 0.6 is 0 Å². The molecule has 1 heterocycles. The van der Waals surface area contributed by atoms with Gasteiger partial charge < -0.3 is 0 Å². The summed E-state index contributed by atoms with van der Waals surface area (Å²) in [4.78, 5) is 45.0. The van der Waals surface area contributed by atoms with E-state index in [1.807, 2.05) is 0 Å². The zero-order chi connectivity index (χ0) is 25.7. The number of amides is 1. The number of halogens is 2. The summed E-state index contributed by atoms with van der Waals surface area (Å²) in [6.45, 7) is 5.15. The molecule has 0 spiro atoms. The summed E-state index contributed by atoms with van der Waals surface area (Å²) in [6, 6.07) is 6.42. The molecule has 2 N–H and O–H groups in total. The Bertz CT molecular complexity index is 1290. The van der Waals surface area contributed by atoms with Crippen LogP contribution in [0.5, 0.6) is 0 Å². The van der Waals surface area contributed by atoms with Crippen molar-refractivity contribution in [1.82, 2.24) is 15.3 Å². The van der Waals surface area contributed by atoms with Crippen molar-refractivity contribution in [2.75, 3.05) is 7.11 Å². The third kappa shape index (κ3) is 6.51. The topological polar surface area (TPSA) is 101 Å². The Kier molecular flexibility index (Phi) is 8.35. The van der Waals surface area contributed by atoms with Crippen LogP contribution in [0.15, 0.2) is 42.4 Å². The monoisotopic (exact) mass is 542 g/mol. The average molecular weight is 542 g/mol. The van der Waals surface area contributed by atoms with Crippen LogP contribution in [0.1, 0.15) is 48.8 Å². The summed E-state index contributed by atoms with van der Waals surface area (Å²) in [5.41, 5.74) is 3.35. The fourth-order valence-corrected chi connectivity index (χ4v) is 5.22. The number of carbonyl (C=O) groups excluding carboxylic acids is 3. The average Bonchev–Trinajstić information content (AvgIpc) is 3.19. The van der Waals surface area contributed by atoms with Crippen molar-refractivity contribution in [3.63, 3.8) is 0 Å². The second kappa shape index (κ2) is 11.2. The van der Waals surface area contributed by atoms with E-state index in [-0.39, 0.29) is 15.5 Å². The van der Waals surface area contributed by atoms with Gasteiger partial charge in [0.05, 0.1) is 0 Å². The van der Waals surface area contributed by atoms with Gasteiger partial charge in [-0.2, -0.15) is 0 Å². The number of aromatic nitrogens is 2. The zero-order valence-corrected chi connectivity index (χ0v) is 21.4. The van der Waals surface area contributed by atoms with Gasteiger partial charge in [-0.25, -0.2) is 0 Å². The third-order valence-corrected chi connectivity index (χ3v) is 7.38. The van der Waals surface area contributed by atoms with Crippen LogP contribution in [0, 0.1) is 32.4 Å². The fraction of sp³-hybridized carbons (Fsp3) is 0.200. The molecule has 0 saturated heterocycles. The number of hydrogen-bond acceptors (Lipinski definition) is 5. The van der Waals surface area contributed by atoms with E-state index in [1.54, 1.807) is 32.9 Å². The predicted molar refractivity (Wildman–Crippen MR) is 127 cm³/mol. The summed E-state index contributed by atoms with van der Waals surface area (Å²) in [7, 11) is 1.21. The van der Waals surface area contributed by atoms with Gasteiger partial charge in [0.25, 0.3) is 0 Å². The number of imidazole rings is 1. The number of benzene rings is 2. The molecular formula is C25H23AsF2N3O4. The molecule has 0 bridgehead atoms. The van der Waals surface area contributed by atoms with Gasteiger partial charge in [0.2, 0.25) is 0 Å². The van der Waals surface area contributed by atoms with Gasteiger partial charge >= 0.3 is 208 Å². The van der Waals surface area contributed by atoms with Gasteiger partial charge in [0.1, 0.15) is 0 Å². The number of nitrogens with zero attached hydrogens (tertiary/aromatic N) is 1. The number of aryl methyl sites for hydroxylation is 3. The summed E-state index contributed by atoms with van der Waals surface area (Å²) in [5, 5.41) is 2.85. The number of carbonyl (C=O) groups is 3. The van der Waals surface area contributed by atoms with E-state index in [1.165, 1.54) is 31.6 Å². The number of methoxy groups -OCH3 is 1. The summed E-state index contributed by atoms with van der Waals surface area (Å²) in [5.74, 6) is -2.63. The molecule has 0 unspecified atom stereocenters. The zero-order valence-electron chi connectivity index (χ0n) is 19.5. The SMILES string of the molecule is COC(=O)/C(=C/c1nc[nH]c1C)NC(=O)c1c(C)cc(C(=O)[As]Cc2cc(F)cc(F)c2)cc1C. The van der Waals surface area contributed by atoms with Crippen LogP contribution in [-0.2, 0) is 14.7 Å². The number of esters is 1. The number of rotatable bonds is 8. The number of H-pyrrole nitrogens is 1. The molecule has 0 atom stereocenters. The molecule has 2 aromatic carbocycles. The minimum absolute atomic E-state index is 0.0843. The first-order valence-corrected chi connectivity index (χ1v) is 12.7. The van der Waals surface area contributed by atoms with Gasteiger partial charge in [0, 0.05) is 0 Å². The number of ether oxygens (including phenoxy) is 1. The molecule has 0 saturated carbocycles. The fourth-order valence-electron chi connectivity index (χ4n) is 3.49. The van der Waals surface area contributed by atoms with Crippen molar-refractivity contribution in [3.05, 3.63) is 93.2 Å². The molecule has 35 heavy (non-hydrogen) atoms. The molecule has 1 radical (unpaired) electrons. The second-order valence-corrected chi connectivity index (χ2v) is 9.98. The van der Waals surface area contributed by atoms with E-state index >= 15 is 0 Å².